The molecule has 1 unspecified atom stereocenters. The van der Waals surface area contributed by atoms with E-state index in [2.05, 4.69) is 15.6 Å². The van der Waals surface area contributed by atoms with Gasteiger partial charge in [-0.3, -0.25) is 0 Å². The van der Waals surface area contributed by atoms with E-state index in [9.17, 15) is 9.59 Å². The lowest BCUT2D eigenvalue weighted by Crippen LogP contribution is -2.34. The van der Waals surface area contributed by atoms with Gasteiger partial charge in [0.25, 0.3) is 0 Å². The molecule has 0 saturated heterocycles. The van der Waals surface area contributed by atoms with E-state index in [1.165, 1.54) is 4.68 Å². The van der Waals surface area contributed by atoms with Crippen LogP contribution in [0.3, 0.4) is 0 Å². The van der Waals surface area contributed by atoms with Gasteiger partial charge < -0.3 is 14.8 Å². The highest BCUT2D eigenvalue weighted by Crippen LogP contribution is 2.23. The number of amides is 1. The second kappa shape index (κ2) is 10.8. The zero-order chi connectivity index (χ0) is 23.8. The Kier molecular flexibility index (Phi) is 7.82. The Morgan fingerprint density at radius 2 is 1.61 bits per heavy atom. The van der Waals surface area contributed by atoms with Crippen LogP contribution in [0, 0.1) is 0 Å². The number of hydrogen-bond acceptors (Lipinski definition) is 6. The Bertz CT molecular complexity index is 1050. The molecule has 0 fully saturated rings. The number of alkyl carbamates (subject to hydrolysis) is 1. The molecule has 0 aliphatic rings. The highest BCUT2D eigenvalue weighted by atomic mass is 16.6. The first kappa shape index (κ1) is 24.0. The van der Waals surface area contributed by atoms with Crippen LogP contribution in [0.25, 0.3) is 0 Å². The first-order chi connectivity index (χ1) is 15.7. The molecule has 2 aromatic carbocycles. The van der Waals surface area contributed by atoms with Gasteiger partial charge in [0, 0.05) is 0 Å². The summed E-state index contributed by atoms with van der Waals surface area (Å²) in [5.41, 5.74) is 1.84. The lowest BCUT2D eigenvalue weighted by molar-refractivity contribution is -0.158. The molecule has 3 aromatic rings. The molecule has 8 heteroatoms. The van der Waals surface area contributed by atoms with Gasteiger partial charge >= 0.3 is 12.1 Å². The number of nitrogens with one attached hydrogen (secondary N) is 1. The molecule has 1 heterocycles. The normalized spacial score (nSPS) is 13.1. The fourth-order valence-corrected chi connectivity index (χ4v) is 3.28. The summed E-state index contributed by atoms with van der Waals surface area (Å²) < 4.78 is 12.4. The summed E-state index contributed by atoms with van der Waals surface area (Å²) in [6.07, 6.45) is 1.44. The molecule has 0 spiro atoms. The van der Waals surface area contributed by atoms with E-state index in [0.29, 0.717) is 12.1 Å². The minimum atomic E-state index is -0.720. The molecule has 1 amide bonds. The van der Waals surface area contributed by atoms with Crippen molar-refractivity contribution in [3.05, 3.63) is 83.7 Å². The molecule has 3 rings (SSSR count). The first-order valence-electron chi connectivity index (χ1n) is 10.9. The molecule has 2 atom stereocenters. The second-order valence-corrected chi connectivity index (χ2v) is 8.76. The topological polar surface area (TPSA) is 95.3 Å². The van der Waals surface area contributed by atoms with Crippen molar-refractivity contribution < 1.29 is 19.1 Å². The highest BCUT2D eigenvalue weighted by molar-refractivity contribution is 5.74. The van der Waals surface area contributed by atoms with E-state index in [0.717, 1.165) is 11.1 Å². The van der Waals surface area contributed by atoms with Crippen LogP contribution in [-0.2, 0) is 27.3 Å². The smallest absolute Gasteiger partial charge is 0.408 e. The maximum absolute atomic E-state index is 12.6. The van der Waals surface area contributed by atoms with Crippen LogP contribution in [0.15, 0.2) is 66.9 Å². The minimum absolute atomic E-state index is 0.149. The monoisotopic (exact) mass is 450 g/mol. The third-order valence-corrected chi connectivity index (χ3v) is 4.86. The number of ether oxygens (including phenoxy) is 2. The predicted octanol–water partition coefficient (Wildman–Crippen LogP) is 4.39. The van der Waals surface area contributed by atoms with Gasteiger partial charge in [0.05, 0.1) is 17.9 Å². The zero-order valence-electron chi connectivity index (χ0n) is 19.4. The Balaban J connectivity index is 1.79. The predicted molar refractivity (Wildman–Crippen MR) is 123 cm³/mol. The Morgan fingerprint density at radius 1 is 1.00 bits per heavy atom. The average molecular weight is 451 g/mol. The van der Waals surface area contributed by atoms with Crippen molar-refractivity contribution in [3.63, 3.8) is 0 Å². The van der Waals surface area contributed by atoms with Crippen molar-refractivity contribution in [1.82, 2.24) is 20.3 Å². The lowest BCUT2D eigenvalue weighted by atomic mass is 10.0. The van der Waals surface area contributed by atoms with E-state index in [1.807, 2.05) is 81.4 Å². The van der Waals surface area contributed by atoms with E-state index in [4.69, 9.17) is 9.47 Å². The van der Waals surface area contributed by atoms with Crippen LogP contribution in [-0.4, -0.2) is 32.7 Å². The van der Waals surface area contributed by atoms with Crippen molar-refractivity contribution in [1.29, 1.82) is 0 Å². The van der Waals surface area contributed by atoms with Gasteiger partial charge in [-0.05, 0) is 45.2 Å². The fourth-order valence-electron chi connectivity index (χ4n) is 3.28. The SMILES string of the molecule is CC(C(=O)OC(C)(C)C)n1nncc1[C@H](Cc1ccccc1)NC(=O)OCc1ccccc1. The largest absolute Gasteiger partial charge is 0.458 e. The molecule has 0 radical (unpaired) electrons. The third-order valence-electron chi connectivity index (χ3n) is 4.86. The number of benzene rings is 2. The van der Waals surface area contributed by atoms with Crippen LogP contribution >= 0.6 is 0 Å². The summed E-state index contributed by atoms with van der Waals surface area (Å²) in [7, 11) is 0. The Morgan fingerprint density at radius 3 is 2.21 bits per heavy atom. The number of aromatic nitrogens is 3. The third kappa shape index (κ3) is 7.17. The molecule has 33 heavy (non-hydrogen) atoms. The quantitative estimate of drug-likeness (QED) is 0.512. The van der Waals surface area contributed by atoms with Gasteiger partial charge in [0.2, 0.25) is 0 Å². The Labute approximate surface area is 193 Å². The van der Waals surface area contributed by atoms with Gasteiger partial charge in [-0.15, -0.1) is 5.10 Å². The summed E-state index contributed by atoms with van der Waals surface area (Å²) in [6.45, 7) is 7.27. The van der Waals surface area contributed by atoms with E-state index < -0.39 is 29.7 Å². The number of nitrogens with zero attached hydrogens (tertiary/aromatic N) is 3. The Hall–Kier alpha value is -3.68. The first-order valence-corrected chi connectivity index (χ1v) is 10.9. The maximum Gasteiger partial charge on any atom is 0.408 e. The zero-order valence-corrected chi connectivity index (χ0v) is 19.4. The van der Waals surface area contributed by atoms with Crippen LogP contribution in [0.4, 0.5) is 4.79 Å². The van der Waals surface area contributed by atoms with Crippen LogP contribution in [0.1, 0.15) is 56.6 Å². The molecule has 1 aromatic heterocycles. The summed E-state index contributed by atoms with van der Waals surface area (Å²) in [5.74, 6) is -0.431. The average Bonchev–Trinajstić information content (AvgIpc) is 3.27. The summed E-state index contributed by atoms with van der Waals surface area (Å²) in [6, 6.07) is 17.9. The molecule has 0 bridgehead atoms. The van der Waals surface area contributed by atoms with Crippen molar-refractivity contribution in [3.8, 4) is 0 Å². The lowest BCUT2D eigenvalue weighted by Gasteiger charge is -2.25. The van der Waals surface area contributed by atoms with Gasteiger partial charge in [-0.2, -0.15) is 0 Å². The molecule has 0 saturated carbocycles. The maximum atomic E-state index is 12.6. The fraction of sp³-hybridized carbons (Fsp3) is 0.360. The van der Waals surface area contributed by atoms with E-state index in [1.54, 1.807) is 13.1 Å². The van der Waals surface area contributed by atoms with Crippen molar-refractivity contribution in [2.24, 2.45) is 0 Å². The molecule has 0 aliphatic heterocycles. The standard InChI is InChI=1S/C25H30N4O4/c1-18(23(30)33-25(2,3)4)29-22(16-26-28-29)21(15-19-11-7-5-8-12-19)27-24(31)32-17-20-13-9-6-10-14-20/h5-14,16,18,21H,15,17H2,1-4H3,(H,27,31)/t18?,21-/m0/s1. The molecular weight excluding hydrogens is 420 g/mol. The van der Waals surface area contributed by atoms with Crippen molar-refractivity contribution >= 4 is 12.1 Å². The van der Waals surface area contributed by atoms with Crippen molar-refractivity contribution in [2.45, 2.75) is 58.4 Å². The number of carbonyl (C=O) groups is 2. The van der Waals surface area contributed by atoms with Crippen molar-refractivity contribution in [2.75, 3.05) is 0 Å². The van der Waals surface area contributed by atoms with Crippen LogP contribution in [0.5, 0.6) is 0 Å². The molecule has 174 valence electrons. The molecule has 1 N–H and O–H groups in total. The van der Waals surface area contributed by atoms with Gasteiger partial charge in [0.15, 0.2) is 0 Å². The number of carbonyl (C=O) groups excluding carboxylic acids is 2. The minimum Gasteiger partial charge on any atom is -0.458 e. The van der Waals surface area contributed by atoms with E-state index >= 15 is 0 Å². The summed E-state index contributed by atoms with van der Waals surface area (Å²) in [4.78, 5) is 25.3. The summed E-state index contributed by atoms with van der Waals surface area (Å²) >= 11 is 0. The summed E-state index contributed by atoms with van der Waals surface area (Å²) in [5, 5.41) is 11.0. The number of rotatable bonds is 8. The van der Waals surface area contributed by atoms with Crippen LogP contribution < -0.4 is 5.32 Å². The van der Waals surface area contributed by atoms with Crippen LogP contribution in [0.2, 0.25) is 0 Å². The molecule has 8 nitrogen and oxygen atoms in total. The second-order valence-electron chi connectivity index (χ2n) is 8.76. The van der Waals surface area contributed by atoms with E-state index in [-0.39, 0.29) is 6.61 Å². The van der Waals surface area contributed by atoms with Gasteiger partial charge in [0.1, 0.15) is 18.2 Å². The number of esters is 1. The van der Waals surface area contributed by atoms with Gasteiger partial charge in [-0.1, -0.05) is 65.9 Å². The van der Waals surface area contributed by atoms with Gasteiger partial charge in [-0.25, -0.2) is 14.3 Å². The molecular formula is C25H30N4O4. The molecule has 0 aliphatic carbocycles. The highest BCUT2D eigenvalue weighted by Gasteiger charge is 2.29. The number of hydrogen-bond donors (Lipinski definition) is 1.